The average molecular weight is 267 g/mol. The van der Waals surface area contributed by atoms with Crippen LogP contribution in [0, 0.1) is 5.92 Å². The predicted molar refractivity (Wildman–Crippen MR) is 82.6 cm³/mol. The van der Waals surface area contributed by atoms with Gasteiger partial charge in [-0.25, -0.2) is 0 Å². The van der Waals surface area contributed by atoms with Crippen LogP contribution in [0.5, 0.6) is 0 Å². The molecule has 0 spiro atoms. The summed E-state index contributed by atoms with van der Waals surface area (Å²) in [7, 11) is 4.37. The van der Waals surface area contributed by atoms with Crippen LogP contribution < -0.4 is 5.32 Å². The van der Waals surface area contributed by atoms with Crippen LogP contribution in [-0.4, -0.2) is 62.7 Å². The summed E-state index contributed by atoms with van der Waals surface area (Å²) in [6.45, 7) is 6.38. The van der Waals surface area contributed by atoms with Crippen LogP contribution in [0.25, 0.3) is 0 Å². The molecule has 0 aromatic heterocycles. The Morgan fingerprint density at radius 1 is 1.05 bits per heavy atom. The Bertz CT molecular complexity index is 236. The van der Waals surface area contributed by atoms with Crippen molar-refractivity contribution >= 4 is 0 Å². The molecule has 2 saturated heterocycles. The van der Waals surface area contributed by atoms with Gasteiger partial charge < -0.3 is 15.1 Å². The molecule has 0 aromatic carbocycles. The fourth-order valence-corrected chi connectivity index (χ4v) is 3.82. The highest BCUT2D eigenvalue weighted by Crippen LogP contribution is 2.28. The highest BCUT2D eigenvalue weighted by Gasteiger charge is 2.29. The smallest absolute Gasteiger partial charge is 0.0124 e. The second-order valence-electron chi connectivity index (χ2n) is 6.70. The third-order valence-electron chi connectivity index (χ3n) is 4.89. The first-order chi connectivity index (χ1) is 9.27. The second-order valence-corrected chi connectivity index (χ2v) is 6.70. The molecule has 0 bridgehead atoms. The first kappa shape index (κ1) is 15.3. The van der Waals surface area contributed by atoms with E-state index in [-0.39, 0.29) is 0 Å². The van der Waals surface area contributed by atoms with Crippen LogP contribution in [0.3, 0.4) is 0 Å². The Kier molecular flexibility index (Phi) is 6.62. The van der Waals surface area contributed by atoms with Crippen LogP contribution in [0.1, 0.15) is 44.9 Å². The fourth-order valence-electron chi connectivity index (χ4n) is 3.82. The maximum atomic E-state index is 3.52. The van der Waals surface area contributed by atoms with Gasteiger partial charge in [-0.3, -0.25) is 0 Å². The van der Waals surface area contributed by atoms with E-state index >= 15 is 0 Å². The van der Waals surface area contributed by atoms with Crippen LogP contribution >= 0.6 is 0 Å². The summed E-state index contributed by atoms with van der Waals surface area (Å²) in [5.41, 5.74) is 0. The highest BCUT2D eigenvalue weighted by atomic mass is 15.2. The molecule has 112 valence electrons. The van der Waals surface area contributed by atoms with Crippen molar-refractivity contribution in [3.63, 3.8) is 0 Å². The number of likely N-dealkylation sites (tertiary alicyclic amines) is 1. The average Bonchev–Trinajstić information content (AvgIpc) is 2.65. The number of nitrogens with one attached hydrogen (secondary N) is 1. The first-order valence-corrected chi connectivity index (χ1v) is 8.37. The molecule has 19 heavy (non-hydrogen) atoms. The van der Waals surface area contributed by atoms with E-state index in [1.54, 1.807) is 0 Å². The van der Waals surface area contributed by atoms with Crippen molar-refractivity contribution in [2.24, 2.45) is 5.92 Å². The summed E-state index contributed by atoms with van der Waals surface area (Å²) >= 11 is 0. The van der Waals surface area contributed by atoms with Crippen LogP contribution in [0.4, 0.5) is 0 Å². The summed E-state index contributed by atoms with van der Waals surface area (Å²) in [6, 6.07) is 0.881. The molecule has 0 aliphatic carbocycles. The monoisotopic (exact) mass is 267 g/mol. The van der Waals surface area contributed by atoms with Gasteiger partial charge in [0.15, 0.2) is 0 Å². The Balaban J connectivity index is 1.86. The van der Waals surface area contributed by atoms with E-state index < -0.39 is 0 Å². The normalized spacial score (nSPS) is 27.6. The van der Waals surface area contributed by atoms with Crippen molar-refractivity contribution in [2.75, 3.05) is 46.8 Å². The quantitative estimate of drug-likeness (QED) is 0.824. The van der Waals surface area contributed by atoms with Crippen molar-refractivity contribution < 1.29 is 0 Å². The van der Waals surface area contributed by atoms with Gasteiger partial charge in [0.05, 0.1) is 0 Å². The van der Waals surface area contributed by atoms with E-state index in [0.717, 1.165) is 12.0 Å². The zero-order valence-electron chi connectivity index (χ0n) is 13.0. The standard InChI is InChI=1S/C16H33N3/c1-18(2)12-6-14-19-13-5-3-4-7-16(19)15-8-10-17-11-9-15/h15-17H,3-14H2,1-2H3. The molecule has 1 atom stereocenters. The molecule has 3 heteroatoms. The molecule has 2 aliphatic rings. The van der Waals surface area contributed by atoms with E-state index in [1.165, 1.54) is 77.7 Å². The molecule has 0 radical (unpaired) electrons. The van der Waals surface area contributed by atoms with Crippen molar-refractivity contribution in [1.29, 1.82) is 0 Å². The summed E-state index contributed by atoms with van der Waals surface area (Å²) in [5, 5.41) is 3.52. The van der Waals surface area contributed by atoms with Crippen LogP contribution in [0.2, 0.25) is 0 Å². The molecular formula is C16H33N3. The number of nitrogens with zero attached hydrogens (tertiary/aromatic N) is 2. The summed E-state index contributed by atoms with van der Waals surface area (Å²) in [4.78, 5) is 5.16. The number of hydrogen-bond acceptors (Lipinski definition) is 3. The summed E-state index contributed by atoms with van der Waals surface area (Å²) in [5.74, 6) is 0.957. The van der Waals surface area contributed by atoms with Crippen molar-refractivity contribution in [2.45, 2.75) is 51.0 Å². The third kappa shape index (κ3) is 5.05. The van der Waals surface area contributed by atoms with Crippen molar-refractivity contribution in [3.05, 3.63) is 0 Å². The van der Waals surface area contributed by atoms with Gasteiger partial charge in [0.25, 0.3) is 0 Å². The topological polar surface area (TPSA) is 18.5 Å². The van der Waals surface area contributed by atoms with Crippen LogP contribution in [-0.2, 0) is 0 Å². The van der Waals surface area contributed by atoms with Gasteiger partial charge in [-0.1, -0.05) is 12.8 Å². The second kappa shape index (κ2) is 8.23. The van der Waals surface area contributed by atoms with Gasteiger partial charge in [0.1, 0.15) is 0 Å². The van der Waals surface area contributed by atoms with Gasteiger partial charge in [-0.2, -0.15) is 0 Å². The Hall–Kier alpha value is -0.120. The van der Waals surface area contributed by atoms with Gasteiger partial charge in [-0.15, -0.1) is 0 Å². The molecule has 1 N–H and O–H groups in total. The molecular weight excluding hydrogens is 234 g/mol. The number of rotatable bonds is 5. The Morgan fingerprint density at radius 2 is 1.84 bits per heavy atom. The molecule has 0 aromatic rings. The van der Waals surface area contributed by atoms with Gasteiger partial charge in [-0.05, 0) is 84.8 Å². The minimum atomic E-state index is 0.881. The zero-order chi connectivity index (χ0) is 13.5. The predicted octanol–water partition coefficient (Wildman–Crippen LogP) is 2.18. The molecule has 2 aliphatic heterocycles. The van der Waals surface area contributed by atoms with Gasteiger partial charge >= 0.3 is 0 Å². The van der Waals surface area contributed by atoms with Gasteiger partial charge in [0.2, 0.25) is 0 Å². The number of piperidine rings is 1. The maximum absolute atomic E-state index is 3.52. The lowest BCUT2D eigenvalue weighted by Crippen LogP contribution is -2.45. The van der Waals surface area contributed by atoms with Crippen molar-refractivity contribution in [1.82, 2.24) is 15.1 Å². The lowest BCUT2D eigenvalue weighted by molar-refractivity contribution is 0.118. The van der Waals surface area contributed by atoms with E-state index in [0.29, 0.717) is 0 Å². The van der Waals surface area contributed by atoms with Crippen molar-refractivity contribution in [3.8, 4) is 0 Å². The molecule has 2 fully saturated rings. The summed E-state index contributed by atoms with van der Waals surface area (Å²) < 4.78 is 0. The lowest BCUT2D eigenvalue weighted by Gasteiger charge is -2.38. The molecule has 3 nitrogen and oxygen atoms in total. The van der Waals surface area contributed by atoms with Crippen LogP contribution in [0.15, 0.2) is 0 Å². The minimum absolute atomic E-state index is 0.881. The highest BCUT2D eigenvalue weighted by molar-refractivity contribution is 4.84. The number of hydrogen-bond donors (Lipinski definition) is 1. The Morgan fingerprint density at radius 3 is 2.58 bits per heavy atom. The molecule has 2 heterocycles. The van der Waals surface area contributed by atoms with Gasteiger partial charge in [0, 0.05) is 6.04 Å². The van der Waals surface area contributed by atoms with E-state index in [4.69, 9.17) is 0 Å². The largest absolute Gasteiger partial charge is 0.317 e. The molecule has 2 rings (SSSR count). The zero-order valence-corrected chi connectivity index (χ0v) is 13.0. The Labute approximate surface area is 119 Å². The summed E-state index contributed by atoms with van der Waals surface area (Å²) in [6.07, 6.45) is 9.90. The third-order valence-corrected chi connectivity index (χ3v) is 4.89. The molecule has 0 saturated carbocycles. The minimum Gasteiger partial charge on any atom is -0.317 e. The van der Waals surface area contributed by atoms with E-state index in [9.17, 15) is 0 Å². The SMILES string of the molecule is CN(C)CCCN1CCCCCC1C1CCNCC1. The van der Waals surface area contributed by atoms with E-state index in [2.05, 4.69) is 29.2 Å². The van der Waals surface area contributed by atoms with E-state index in [1.807, 2.05) is 0 Å². The fraction of sp³-hybridized carbons (Fsp3) is 1.00. The lowest BCUT2D eigenvalue weighted by atomic mass is 9.87. The maximum Gasteiger partial charge on any atom is 0.0124 e. The molecule has 0 amide bonds. The molecule has 1 unspecified atom stereocenters. The first-order valence-electron chi connectivity index (χ1n) is 8.37.